The molecule has 0 aliphatic carbocycles. The summed E-state index contributed by atoms with van der Waals surface area (Å²) < 4.78 is 37.0. The number of nitrogens with zero attached hydrogens (tertiary/aromatic N) is 2. The van der Waals surface area contributed by atoms with Gasteiger partial charge in [-0.15, -0.1) is 8.42 Å². The highest BCUT2D eigenvalue weighted by Gasteiger charge is 2.36. The van der Waals surface area contributed by atoms with Gasteiger partial charge in [0, 0.05) is 17.3 Å². The van der Waals surface area contributed by atoms with E-state index in [0.29, 0.717) is 12.1 Å². The van der Waals surface area contributed by atoms with E-state index in [1.807, 2.05) is 40.9 Å². The number of ketones is 1. The van der Waals surface area contributed by atoms with Crippen LogP contribution in [0.15, 0.2) is 42.6 Å². The second-order valence-electron chi connectivity index (χ2n) is 9.40. The summed E-state index contributed by atoms with van der Waals surface area (Å²) >= 11 is 0. The van der Waals surface area contributed by atoms with Gasteiger partial charge in [-0.05, 0) is 88.0 Å². The monoisotopic (exact) mass is 512 g/mol. The molecule has 0 saturated carbocycles. The van der Waals surface area contributed by atoms with Crippen molar-refractivity contribution in [3.8, 4) is 11.5 Å². The van der Waals surface area contributed by atoms with Crippen LogP contribution in [0.4, 0.5) is 0 Å². The van der Waals surface area contributed by atoms with Crippen LogP contribution in [0.2, 0.25) is 0 Å². The van der Waals surface area contributed by atoms with Gasteiger partial charge in [0.1, 0.15) is 0 Å². The van der Waals surface area contributed by atoms with Crippen molar-refractivity contribution in [3.63, 3.8) is 0 Å². The lowest BCUT2D eigenvalue weighted by Gasteiger charge is -2.20. The average Bonchev–Trinajstić information content (AvgIpc) is 3.39. The summed E-state index contributed by atoms with van der Waals surface area (Å²) in [6.45, 7) is 9.45. The SMILES string of the molecule is CCCCc1cc2ccccn2c1C(=O)c1ccc(CCCN(CCC)CCC)c2c1OS(=O)(=O)O2. The van der Waals surface area contributed by atoms with E-state index in [4.69, 9.17) is 8.37 Å². The van der Waals surface area contributed by atoms with Crippen molar-refractivity contribution in [1.82, 2.24) is 9.30 Å². The van der Waals surface area contributed by atoms with Crippen molar-refractivity contribution in [1.29, 1.82) is 0 Å². The number of fused-ring (bicyclic) bond motifs is 2. The summed E-state index contributed by atoms with van der Waals surface area (Å²) in [7, 11) is -4.25. The molecular formula is C28H36N2O5S. The number of hydrogen-bond acceptors (Lipinski definition) is 6. The van der Waals surface area contributed by atoms with E-state index in [1.54, 1.807) is 6.07 Å². The molecular weight excluding hydrogens is 476 g/mol. The Kier molecular flexibility index (Phi) is 8.36. The van der Waals surface area contributed by atoms with Crippen LogP contribution in [0, 0.1) is 0 Å². The predicted molar refractivity (Wildman–Crippen MR) is 141 cm³/mol. The molecule has 7 nitrogen and oxygen atoms in total. The number of hydrogen-bond donors (Lipinski definition) is 0. The van der Waals surface area contributed by atoms with Gasteiger partial charge in [-0.1, -0.05) is 39.3 Å². The molecule has 0 saturated heterocycles. The fourth-order valence-electron chi connectivity index (χ4n) is 4.96. The van der Waals surface area contributed by atoms with Gasteiger partial charge in [0.05, 0.1) is 11.3 Å². The van der Waals surface area contributed by atoms with Crippen LogP contribution in [0.1, 0.15) is 80.1 Å². The summed E-state index contributed by atoms with van der Waals surface area (Å²) in [6, 6.07) is 11.3. The zero-order valence-electron chi connectivity index (χ0n) is 21.5. The molecule has 0 spiro atoms. The maximum absolute atomic E-state index is 13.9. The van der Waals surface area contributed by atoms with Gasteiger partial charge < -0.3 is 17.7 Å². The standard InChI is InChI=1S/C28H36N2O5S/c1-4-7-11-22-20-23-13-8-9-19-30(23)25(22)26(31)24-15-14-21(27-28(24)35-36(32,33)34-27)12-10-18-29(16-5-2)17-6-3/h8-9,13-15,19-20H,4-7,10-12,16-18H2,1-3H3. The molecule has 0 fully saturated rings. The van der Waals surface area contributed by atoms with E-state index in [2.05, 4.69) is 25.7 Å². The fraction of sp³-hybridized carbons (Fsp3) is 0.464. The first-order chi connectivity index (χ1) is 17.4. The van der Waals surface area contributed by atoms with Crippen LogP contribution < -0.4 is 8.37 Å². The summed E-state index contributed by atoms with van der Waals surface area (Å²) in [4.78, 5) is 16.3. The number of benzene rings is 1. The predicted octanol–water partition coefficient (Wildman–Crippen LogP) is 5.58. The first kappa shape index (κ1) is 26.2. The highest BCUT2D eigenvalue weighted by atomic mass is 32.3. The molecule has 194 valence electrons. The Morgan fingerprint density at radius 1 is 0.861 bits per heavy atom. The summed E-state index contributed by atoms with van der Waals surface area (Å²) in [6.07, 6.45) is 8.26. The maximum atomic E-state index is 13.9. The highest BCUT2D eigenvalue weighted by Crippen LogP contribution is 2.43. The number of aryl methyl sites for hydroxylation is 2. The zero-order chi connectivity index (χ0) is 25.7. The van der Waals surface area contributed by atoms with E-state index in [0.717, 1.165) is 74.8 Å². The van der Waals surface area contributed by atoms with Gasteiger partial charge >= 0.3 is 10.4 Å². The van der Waals surface area contributed by atoms with Crippen molar-refractivity contribution in [2.24, 2.45) is 0 Å². The molecule has 3 aromatic rings. The van der Waals surface area contributed by atoms with Crippen LogP contribution in [0.25, 0.3) is 5.52 Å². The molecule has 0 N–H and O–H groups in total. The largest absolute Gasteiger partial charge is 0.501 e. The Morgan fingerprint density at radius 2 is 1.58 bits per heavy atom. The van der Waals surface area contributed by atoms with Gasteiger partial charge in [-0.25, -0.2) is 0 Å². The molecule has 1 aromatic carbocycles. The number of carbonyl (C=O) groups excluding carboxylic acids is 1. The topological polar surface area (TPSA) is 77.3 Å². The molecule has 4 rings (SSSR count). The molecule has 0 unspecified atom stereocenters. The highest BCUT2D eigenvalue weighted by molar-refractivity contribution is 7.82. The molecule has 0 amide bonds. The minimum atomic E-state index is -4.25. The van der Waals surface area contributed by atoms with Crippen LogP contribution >= 0.6 is 0 Å². The number of rotatable bonds is 13. The van der Waals surface area contributed by atoms with Gasteiger partial charge in [0.2, 0.25) is 11.5 Å². The second-order valence-corrected chi connectivity index (χ2v) is 10.5. The molecule has 36 heavy (non-hydrogen) atoms. The molecule has 3 heterocycles. The smallest absolute Gasteiger partial charge is 0.348 e. The molecule has 0 bridgehead atoms. The lowest BCUT2D eigenvalue weighted by molar-refractivity contribution is 0.103. The van der Waals surface area contributed by atoms with E-state index in [9.17, 15) is 13.2 Å². The fourth-order valence-corrected chi connectivity index (χ4v) is 5.75. The molecule has 0 radical (unpaired) electrons. The van der Waals surface area contributed by atoms with Gasteiger partial charge in [0.25, 0.3) is 0 Å². The van der Waals surface area contributed by atoms with E-state index in [1.165, 1.54) is 0 Å². The molecule has 1 aliphatic heterocycles. The lowest BCUT2D eigenvalue weighted by Crippen LogP contribution is -2.26. The lowest BCUT2D eigenvalue weighted by atomic mass is 9.98. The Bertz CT molecular complexity index is 1320. The normalized spacial score (nSPS) is 14.1. The second kappa shape index (κ2) is 11.5. The van der Waals surface area contributed by atoms with Gasteiger partial charge in [-0.3, -0.25) is 4.79 Å². The number of unbranched alkanes of at least 4 members (excludes halogenated alkanes) is 1. The molecule has 2 aromatic heterocycles. The first-order valence-corrected chi connectivity index (χ1v) is 14.4. The minimum absolute atomic E-state index is 0.00351. The van der Waals surface area contributed by atoms with E-state index in [-0.39, 0.29) is 22.8 Å². The Balaban J connectivity index is 1.67. The van der Waals surface area contributed by atoms with Crippen LogP contribution in [0.3, 0.4) is 0 Å². The number of pyridine rings is 1. The minimum Gasteiger partial charge on any atom is -0.348 e. The molecule has 8 heteroatoms. The third-order valence-electron chi connectivity index (χ3n) is 6.58. The van der Waals surface area contributed by atoms with E-state index < -0.39 is 10.4 Å². The van der Waals surface area contributed by atoms with Crippen molar-refractivity contribution >= 4 is 21.7 Å². The van der Waals surface area contributed by atoms with Gasteiger partial charge in [-0.2, -0.15) is 0 Å². The van der Waals surface area contributed by atoms with Crippen LogP contribution in [-0.4, -0.2) is 43.1 Å². The maximum Gasteiger partial charge on any atom is 0.501 e. The summed E-state index contributed by atoms with van der Waals surface area (Å²) in [5.74, 6) is -0.119. The van der Waals surface area contributed by atoms with E-state index >= 15 is 0 Å². The number of aromatic nitrogens is 1. The summed E-state index contributed by atoms with van der Waals surface area (Å²) in [5.41, 5.74) is 3.35. The van der Waals surface area contributed by atoms with Gasteiger partial charge in [0.15, 0.2) is 5.75 Å². The Labute approximate surface area is 214 Å². The third kappa shape index (κ3) is 5.60. The molecule has 0 atom stereocenters. The zero-order valence-corrected chi connectivity index (χ0v) is 22.3. The Hall–Kier alpha value is -2.84. The van der Waals surface area contributed by atoms with Crippen molar-refractivity contribution in [2.75, 3.05) is 19.6 Å². The van der Waals surface area contributed by atoms with Crippen molar-refractivity contribution in [2.45, 2.75) is 65.7 Å². The summed E-state index contributed by atoms with van der Waals surface area (Å²) in [5, 5.41) is 0. The Morgan fingerprint density at radius 3 is 2.31 bits per heavy atom. The van der Waals surface area contributed by atoms with Crippen LogP contribution in [-0.2, 0) is 23.2 Å². The number of carbonyl (C=O) groups is 1. The quantitative estimate of drug-likeness (QED) is 0.278. The average molecular weight is 513 g/mol. The molecule has 1 aliphatic rings. The van der Waals surface area contributed by atoms with Crippen molar-refractivity contribution < 1.29 is 21.6 Å². The van der Waals surface area contributed by atoms with Crippen molar-refractivity contribution in [3.05, 3.63) is 65.0 Å². The van der Waals surface area contributed by atoms with Crippen LogP contribution in [0.5, 0.6) is 11.5 Å². The first-order valence-electron chi connectivity index (χ1n) is 13.0. The third-order valence-corrected chi connectivity index (χ3v) is 7.32.